The molecule has 6 nitrogen and oxygen atoms in total. The van der Waals surface area contributed by atoms with Crippen LogP contribution in [0.3, 0.4) is 0 Å². The number of benzene rings is 2. The van der Waals surface area contributed by atoms with Crippen LogP contribution in [0.25, 0.3) is 16.7 Å². The number of hydrogen-bond donors (Lipinski definition) is 1. The van der Waals surface area contributed by atoms with Crippen molar-refractivity contribution in [3.8, 4) is 5.69 Å². The monoisotopic (exact) mass is 331 g/mol. The van der Waals surface area contributed by atoms with Crippen molar-refractivity contribution in [3.05, 3.63) is 71.6 Å². The number of aromatic nitrogens is 5. The van der Waals surface area contributed by atoms with Gasteiger partial charge in [0.1, 0.15) is 18.3 Å². The second-order valence-corrected chi connectivity index (χ2v) is 6.19. The standard InChI is InChI=1S/C19H17N5O/c1-4-8-16-13(5-1)11-25-12-19-23-22-18(24(16)19)10-9-17-20-14-6-2-3-7-15(14)21-17/h1-8H,9-12H2,(H,20,21). The van der Waals surface area contributed by atoms with E-state index in [1.165, 1.54) is 0 Å². The number of nitrogens with zero attached hydrogens (tertiary/aromatic N) is 4. The minimum atomic E-state index is 0.478. The highest BCUT2D eigenvalue weighted by atomic mass is 16.5. The van der Waals surface area contributed by atoms with Gasteiger partial charge in [-0.25, -0.2) is 4.98 Å². The van der Waals surface area contributed by atoms with E-state index >= 15 is 0 Å². The molecule has 0 fully saturated rings. The summed E-state index contributed by atoms with van der Waals surface area (Å²) in [5.74, 6) is 2.76. The average molecular weight is 331 g/mol. The molecular weight excluding hydrogens is 314 g/mol. The Kier molecular flexibility index (Phi) is 3.34. The number of hydrogen-bond acceptors (Lipinski definition) is 4. The van der Waals surface area contributed by atoms with Crippen LogP contribution in [0.1, 0.15) is 23.0 Å². The summed E-state index contributed by atoms with van der Waals surface area (Å²) in [6.07, 6.45) is 1.55. The van der Waals surface area contributed by atoms with Crippen molar-refractivity contribution in [2.45, 2.75) is 26.1 Å². The molecule has 25 heavy (non-hydrogen) atoms. The van der Waals surface area contributed by atoms with E-state index in [-0.39, 0.29) is 0 Å². The molecule has 4 aromatic rings. The Morgan fingerprint density at radius 2 is 1.84 bits per heavy atom. The van der Waals surface area contributed by atoms with Crippen molar-refractivity contribution in [1.29, 1.82) is 0 Å². The Bertz CT molecular complexity index is 1020. The first-order valence-electron chi connectivity index (χ1n) is 8.41. The third-order valence-corrected chi connectivity index (χ3v) is 4.54. The molecule has 0 saturated carbocycles. The molecule has 1 aliphatic rings. The SMILES string of the molecule is c1ccc2c(c1)COCc1nnc(CCc3nc4ccccc4[nH]3)n1-2. The zero-order chi connectivity index (χ0) is 16.6. The van der Waals surface area contributed by atoms with Crippen LogP contribution in [-0.2, 0) is 30.8 Å². The van der Waals surface area contributed by atoms with E-state index in [9.17, 15) is 0 Å². The fourth-order valence-corrected chi connectivity index (χ4v) is 3.34. The molecule has 1 aliphatic heterocycles. The smallest absolute Gasteiger partial charge is 0.163 e. The molecule has 0 aliphatic carbocycles. The van der Waals surface area contributed by atoms with E-state index < -0.39 is 0 Å². The van der Waals surface area contributed by atoms with E-state index in [1.807, 2.05) is 36.4 Å². The Balaban J connectivity index is 1.47. The van der Waals surface area contributed by atoms with E-state index in [1.54, 1.807) is 0 Å². The van der Waals surface area contributed by atoms with Crippen molar-refractivity contribution in [2.75, 3.05) is 0 Å². The summed E-state index contributed by atoms with van der Waals surface area (Å²) < 4.78 is 7.85. The van der Waals surface area contributed by atoms with E-state index in [4.69, 9.17) is 4.74 Å². The molecule has 5 rings (SSSR count). The summed E-state index contributed by atoms with van der Waals surface area (Å²) in [6, 6.07) is 16.3. The van der Waals surface area contributed by atoms with Crippen LogP contribution in [0.15, 0.2) is 48.5 Å². The summed E-state index contributed by atoms with van der Waals surface area (Å²) in [4.78, 5) is 8.03. The zero-order valence-electron chi connectivity index (χ0n) is 13.6. The zero-order valence-corrected chi connectivity index (χ0v) is 13.6. The molecule has 0 spiro atoms. The van der Waals surface area contributed by atoms with Crippen molar-refractivity contribution in [2.24, 2.45) is 0 Å². The molecular formula is C19H17N5O. The fourth-order valence-electron chi connectivity index (χ4n) is 3.34. The van der Waals surface area contributed by atoms with E-state index in [0.29, 0.717) is 13.2 Å². The summed E-state index contributed by atoms with van der Waals surface area (Å²) in [7, 11) is 0. The van der Waals surface area contributed by atoms with Gasteiger partial charge in [-0.3, -0.25) is 4.57 Å². The summed E-state index contributed by atoms with van der Waals surface area (Å²) in [5.41, 5.74) is 4.33. The van der Waals surface area contributed by atoms with Crippen LogP contribution in [0, 0.1) is 0 Å². The number of fused-ring (bicyclic) bond motifs is 4. The maximum atomic E-state index is 5.72. The average Bonchev–Trinajstić information content (AvgIpc) is 3.19. The maximum Gasteiger partial charge on any atom is 0.163 e. The fraction of sp³-hybridized carbons (Fsp3) is 0.211. The Morgan fingerprint density at radius 3 is 2.80 bits per heavy atom. The van der Waals surface area contributed by atoms with Gasteiger partial charge in [0, 0.05) is 18.4 Å². The highest BCUT2D eigenvalue weighted by Gasteiger charge is 2.19. The number of ether oxygens (including phenoxy) is 1. The molecule has 6 heteroatoms. The Hall–Kier alpha value is -2.99. The molecule has 1 N–H and O–H groups in total. The van der Waals surface area contributed by atoms with Gasteiger partial charge in [0.05, 0.1) is 23.3 Å². The lowest BCUT2D eigenvalue weighted by Crippen LogP contribution is -2.07. The minimum absolute atomic E-state index is 0.478. The number of imidazole rings is 1. The highest BCUT2D eigenvalue weighted by molar-refractivity contribution is 5.74. The van der Waals surface area contributed by atoms with Crippen LogP contribution in [0.4, 0.5) is 0 Å². The number of para-hydroxylation sites is 3. The lowest BCUT2D eigenvalue weighted by Gasteiger charge is -2.10. The first-order chi connectivity index (χ1) is 12.4. The van der Waals surface area contributed by atoms with Gasteiger partial charge in [0.2, 0.25) is 0 Å². The van der Waals surface area contributed by atoms with E-state index in [2.05, 4.69) is 36.9 Å². The number of rotatable bonds is 3. The molecule has 0 radical (unpaired) electrons. The summed E-state index contributed by atoms with van der Waals surface area (Å²) >= 11 is 0. The molecule has 2 aromatic carbocycles. The number of aryl methyl sites for hydroxylation is 2. The van der Waals surface area contributed by atoms with Crippen molar-refractivity contribution in [1.82, 2.24) is 24.7 Å². The van der Waals surface area contributed by atoms with Gasteiger partial charge in [0.15, 0.2) is 5.82 Å². The third-order valence-electron chi connectivity index (χ3n) is 4.54. The van der Waals surface area contributed by atoms with Gasteiger partial charge in [-0.2, -0.15) is 0 Å². The highest BCUT2D eigenvalue weighted by Crippen LogP contribution is 2.23. The summed E-state index contributed by atoms with van der Waals surface area (Å²) in [5, 5.41) is 8.73. The van der Waals surface area contributed by atoms with Crippen molar-refractivity contribution in [3.63, 3.8) is 0 Å². The third kappa shape index (κ3) is 2.51. The minimum Gasteiger partial charge on any atom is -0.369 e. The molecule has 0 amide bonds. The number of nitrogens with one attached hydrogen (secondary N) is 1. The van der Waals surface area contributed by atoms with Crippen LogP contribution in [0.5, 0.6) is 0 Å². The first-order valence-corrected chi connectivity index (χ1v) is 8.41. The quantitative estimate of drug-likeness (QED) is 0.627. The molecule has 124 valence electrons. The van der Waals surface area contributed by atoms with Gasteiger partial charge in [-0.1, -0.05) is 30.3 Å². The van der Waals surface area contributed by atoms with Crippen molar-refractivity contribution < 1.29 is 4.74 Å². The Morgan fingerprint density at radius 1 is 0.960 bits per heavy atom. The molecule has 0 unspecified atom stereocenters. The molecule has 3 heterocycles. The largest absolute Gasteiger partial charge is 0.369 e. The topological polar surface area (TPSA) is 68.6 Å². The van der Waals surface area contributed by atoms with Gasteiger partial charge in [-0.15, -0.1) is 10.2 Å². The predicted molar refractivity (Wildman–Crippen MR) is 93.4 cm³/mol. The van der Waals surface area contributed by atoms with Crippen LogP contribution in [-0.4, -0.2) is 24.7 Å². The molecule has 0 saturated heterocycles. The maximum absolute atomic E-state index is 5.72. The predicted octanol–water partition coefficient (Wildman–Crippen LogP) is 2.96. The number of H-pyrrole nitrogens is 1. The van der Waals surface area contributed by atoms with Crippen LogP contribution in [0.2, 0.25) is 0 Å². The molecule has 0 bridgehead atoms. The lowest BCUT2D eigenvalue weighted by atomic mass is 10.2. The van der Waals surface area contributed by atoms with Gasteiger partial charge < -0.3 is 9.72 Å². The van der Waals surface area contributed by atoms with Gasteiger partial charge >= 0.3 is 0 Å². The number of aromatic amines is 1. The molecule has 0 atom stereocenters. The summed E-state index contributed by atoms with van der Waals surface area (Å²) in [6.45, 7) is 1.08. The van der Waals surface area contributed by atoms with Gasteiger partial charge in [0.25, 0.3) is 0 Å². The van der Waals surface area contributed by atoms with Gasteiger partial charge in [-0.05, 0) is 18.2 Å². The lowest BCUT2D eigenvalue weighted by molar-refractivity contribution is 0.105. The molecule has 2 aromatic heterocycles. The first kappa shape index (κ1) is 14.4. The Labute approximate surface area is 144 Å². The second kappa shape index (κ2) is 5.82. The normalized spacial score (nSPS) is 13.4. The van der Waals surface area contributed by atoms with Crippen LogP contribution < -0.4 is 0 Å². The van der Waals surface area contributed by atoms with Crippen molar-refractivity contribution >= 4 is 11.0 Å². The second-order valence-electron chi connectivity index (χ2n) is 6.19. The van der Waals surface area contributed by atoms with Crippen LogP contribution >= 0.6 is 0 Å². The van der Waals surface area contributed by atoms with E-state index in [0.717, 1.165) is 52.6 Å².